The number of unbranched alkanes of at least 4 members (excludes halogenated alkanes) is 1. The summed E-state index contributed by atoms with van der Waals surface area (Å²) >= 11 is 0. The molecule has 9 heteroatoms. The van der Waals surface area contributed by atoms with Gasteiger partial charge in [-0.3, -0.25) is 0 Å². The average Bonchev–Trinajstić information content (AvgIpc) is 2.88. The summed E-state index contributed by atoms with van der Waals surface area (Å²) < 4.78 is 39.7. The summed E-state index contributed by atoms with van der Waals surface area (Å²) in [6.07, 6.45) is 5.51. The fraction of sp³-hybridized carbons (Fsp3) is 0.448. The van der Waals surface area contributed by atoms with Gasteiger partial charge in [-0.05, 0) is 73.1 Å². The number of anilines is 2. The number of benzene rings is 2. The SMILES string of the molecule is CCCCC1CCC(C(F)(F)Oc2ccc(C=CC(=O)OCCc3c(N)cc(N)cc3C(=O)O)cc2)CC1. The number of hydrogen-bond acceptors (Lipinski definition) is 6. The minimum absolute atomic E-state index is 0.0402. The van der Waals surface area contributed by atoms with Gasteiger partial charge >= 0.3 is 18.0 Å². The highest BCUT2D eigenvalue weighted by Crippen LogP contribution is 2.41. The largest absolute Gasteiger partial charge is 0.478 e. The molecule has 0 radical (unpaired) electrons. The molecule has 1 aliphatic carbocycles. The first-order valence-corrected chi connectivity index (χ1v) is 13.0. The molecule has 2 aromatic carbocycles. The van der Waals surface area contributed by atoms with Crippen molar-refractivity contribution in [2.24, 2.45) is 11.8 Å². The van der Waals surface area contributed by atoms with E-state index in [4.69, 9.17) is 20.9 Å². The van der Waals surface area contributed by atoms with Crippen LogP contribution in [0, 0.1) is 11.8 Å². The molecule has 0 heterocycles. The van der Waals surface area contributed by atoms with E-state index in [0.29, 0.717) is 29.9 Å². The van der Waals surface area contributed by atoms with Crippen LogP contribution in [0.25, 0.3) is 6.08 Å². The van der Waals surface area contributed by atoms with Crippen molar-refractivity contribution in [2.75, 3.05) is 18.1 Å². The van der Waals surface area contributed by atoms with Crippen LogP contribution in [0.1, 0.15) is 73.4 Å². The number of rotatable bonds is 12. The average molecular weight is 531 g/mol. The molecule has 7 nitrogen and oxygen atoms in total. The zero-order chi connectivity index (χ0) is 27.7. The topological polar surface area (TPSA) is 125 Å². The second-order valence-electron chi connectivity index (χ2n) is 9.79. The Hall–Kier alpha value is -3.62. The fourth-order valence-corrected chi connectivity index (χ4v) is 4.82. The highest BCUT2D eigenvalue weighted by molar-refractivity contribution is 5.92. The molecule has 0 atom stereocenters. The van der Waals surface area contributed by atoms with Crippen molar-refractivity contribution in [2.45, 2.75) is 64.4 Å². The van der Waals surface area contributed by atoms with Gasteiger partial charge in [0, 0.05) is 23.9 Å². The normalized spacial score (nSPS) is 17.9. The number of carboxylic acids is 1. The highest BCUT2D eigenvalue weighted by atomic mass is 19.3. The van der Waals surface area contributed by atoms with E-state index in [-0.39, 0.29) is 35.7 Å². The van der Waals surface area contributed by atoms with Gasteiger partial charge in [-0.25, -0.2) is 9.59 Å². The van der Waals surface area contributed by atoms with Gasteiger partial charge in [0.2, 0.25) is 0 Å². The summed E-state index contributed by atoms with van der Waals surface area (Å²) in [5, 5.41) is 9.34. The number of hydrogen-bond donors (Lipinski definition) is 3. The first kappa shape index (κ1) is 28.9. The lowest BCUT2D eigenvalue weighted by Crippen LogP contribution is -2.37. The minimum Gasteiger partial charge on any atom is -0.478 e. The Morgan fingerprint density at radius 2 is 1.79 bits per heavy atom. The number of ether oxygens (including phenoxy) is 2. The molecule has 0 bridgehead atoms. The molecule has 0 aliphatic heterocycles. The summed E-state index contributed by atoms with van der Waals surface area (Å²) in [6.45, 7) is 2.06. The molecule has 2 aromatic rings. The van der Waals surface area contributed by atoms with Crippen molar-refractivity contribution in [1.29, 1.82) is 0 Å². The van der Waals surface area contributed by atoms with E-state index in [9.17, 15) is 23.5 Å². The van der Waals surface area contributed by atoms with Gasteiger partial charge < -0.3 is 26.0 Å². The van der Waals surface area contributed by atoms with Crippen LogP contribution in [0.15, 0.2) is 42.5 Å². The molecule has 0 saturated heterocycles. The summed E-state index contributed by atoms with van der Waals surface area (Å²) in [4.78, 5) is 23.5. The molecular formula is C29H36F2N2O5. The number of nitrogen functional groups attached to an aromatic ring is 2. The summed E-state index contributed by atoms with van der Waals surface area (Å²) in [7, 11) is 0. The Bertz CT molecular complexity index is 1130. The zero-order valence-corrected chi connectivity index (χ0v) is 21.6. The van der Waals surface area contributed by atoms with Crippen LogP contribution in [0.3, 0.4) is 0 Å². The monoisotopic (exact) mass is 530 g/mol. The number of carboxylic acid groups (broad SMARTS) is 1. The standard InChI is InChI=1S/C29H36F2N2O5/c1-2-3-4-19-5-10-21(11-6-19)29(30,31)38-23-12-7-20(8-13-23)9-14-27(34)37-16-15-24-25(28(35)36)17-22(32)18-26(24)33/h7-9,12-14,17-19,21H,2-6,10-11,15-16,32-33H2,1H3,(H,35,36). The maximum Gasteiger partial charge on any atom is 0.400 e. The predicted molar refractivity (Wildman–Crippen MR) is 143 cm³/mol. The van der Waals surface area contributed by atoms with Crippen molar-refractivity contribution in [3.8, 4) is 5.75 Å². The van der Waals surface area contributed by atoms with E-state index in [1.54, 1.807) is 12.1 Å². The van der Waals surface area contributed by atoms with E-state index in [0.717, 1.165) is 32.1 Å². The lowest BCUT2D eigenvalue weighted by atomic mass is 9.79. The molecule has 0 amide bonds. The molecule has 3 rings (SSSR count). The van der Waals surface area contributed by atoms with Gasteiger partial charge in [0.1, 0.15) is 5.75 Å². The maximum atomic E-state index is 14.7. The van der Waals surface area contributed by atoms with E-state index >= 15 is 0 Å². The Balaban J connectivity index is 1.47. The number of nitrogens with two attached hydrogens (primary N) is 2. The number of alkyl halides is 2. The third-order valence-corrected chi connectivity index (χ3v) is 6.97. The zero-order valence-electron chi connectivity index (χ0n) is 21.6. The van der Waals surface area contributed by atoms with Crippen LogP contribution in [0.5, 0.6) is 5.75 Å². The van der Waals surface area contributed by atoms with Crippen molar-refractivity contribution in [3.63, 3.8) is 0 Å². The predicted octanol–water partition coefficient (Wildman–Crippen LogP) is 6.32. The lowest BCUT2D eigenvalue weighted by molar-refractivity contribution is -0.223. The highest BCUT2D eigenvalue weighted by Gasteiger charge is 2.43. The first-order valence-electron chi connectivity index (χ1n) is 13.0. The fourth-order valence-electron chi connectivity index (χ4n) is 4.82. The first-order chi connectivity index (χ1) is 18.1. The van der Waals surface area contributed by atoms with Gasteiger partial charge in [0.15, 0.2) is 0 Å². The van der Waals surface area contributed by atoms with Gasteiger partial charge in [-0.15, -0.1) is 0 Å². The molecule has 1 fully saturated rings. The van der Waals surface area contributed by atoms with Gasteiger partial charge in [-0.1, -0.05) is 38.3 Å². The van der Waals surface area contributed by atoms with Crippen molar-refractivity contribution >= 4 is 29.4 Å². The molecule has 0 unspecified atom stereocenters. The number of carbonyl (C=O) groups excluding carboxylic acids is 1. The van der Waals surface area contributed by atoms with Crippen molar-refractivity contribution in [3.05, 3.63) is 59.2 Å². The second-order valence-corrected chi connectivity index (χ2v) is 9.79. The Kier molecular flexibility index (Phi) is 10.1. The van der Waals surface area contributed by atoms with E-state index in [1.807, 2.05) is 0 Å². The minimum atomic E-state index is -3.23. The molecule has 1 saturated carbocycles. The van der Waals surface area contributed by atoms with Crippen LogP contribution in [0.4, 0.5) is 20.2 Å². The van der Waals surface area contributed by atoms with Gasteiger partial charge in [0.05, 0.1) is 18.1 Å². The Morgan fingerprint density at radius 1 is 1.11 bits per heavy atom. The van der Waals surface area contributed by atoms with Crippen LogP contribution >= 0.6 is 0 Å². The van der Waals surface area contributed by atoms with Crippen LogP contribution in [-0.4, -0.2) is 29.8 Å². The molecule has 0 spiro atoms. The number of aromatic carboxylic acids is 1. The van der Waals surface area contributed by atoms with E-state index in [2.05, 4.69) is 6.92 Å². The van der Waals surface area contributed by atoms with Crippen LogP contribution < -0.4 is 16.2 Å². The molecule has 1 aliphatic rings. The van der Waals surface area contributed by atoms with Crippen molar-refractivity contribution in [1.82, 2.24) is 0 Å². The molecule has 38 heavy (non-hydrogen) atoms. The van der Waals surface area contributed by atoms with Gasteiger partial charge in [-0.2, -0.15) is 8.78 Å². The number of halogens is 2. The second kappa shape index (κ2) is 13.3. The number of esters is 1. The van der Waals surface area contributed by atoms with Gasteiger partial charge in [0.25, 0.3) is 0 Å². The lowest BCUT2D eigenvalue weighted by Gasteiger charge is -2.33. The summed E-state index contributed by atoms with van der Waals surface area (Å²) in [6, 6.07) is 8.80. The van der Waals surface area contributed by atoms with Crippen molar-refractivity contribution < 1.29 is 33.0 Å². The smallest absolute Gasteiger partial charge is 0.400 e. The molecule has 5 N–H and O–H groups in total. The molecule has 0 aromatic heterocycles. The van der Waals surface area contributed by atoms with E-state index in [1.165, 1.54) is 36.4 Å². The summed E-state index contributed by atoms with van der Waals surface area (Å²) in [5.41, 5.74) is 12.9. The third-order valence-electron chi connectivity index (χ3n) is 6.97. The third kappa shape index (κ3) is 8.19. The van der Waals surface area contributed by atoms with Crippen LogP contribution in [-0.2, 0) is 16.0 Å². The van der Waals surface area contributed by atoms with E-state index < -0.39 is 24.0 Å². The Labute approximate surface area is 221 Å². The van der Waals surface area contributed by atoms with Crippen LogP contribution in [0.2, 0.25) is 0 Å². The molecular weight excluding hydrogens is 494 g/mol. The molecule has 206 valence electrons. The Morgan fingerprint density at radius 3 is 2.42 bits per heavy atom. The summed E-state index contributed by atoms with van der Waals surface area (Å²) in [5.74, 6) is -2.00. The quantitative estimate of drug-likeness (QED) is 0.167. The maximum absolute atomic E-state index is 14.7. The number of carbonyl (C=O) groups is 2.